The average Bonchev–Trinajstić information content (AvgIpc) is 2.92. The van der Waals surface area contributed by atoms with Crippen LogP contribution in [0.15, 0.2) is 17.5 Å². The van der Waals surface area contributed by atoms with Gasteiger partial charge in [0.2, 0.25) is 0 Å². The second-order valence-electron chi connectivity index (χ2n) is 5.07. The van der Waals surface area contributed by atoms with Crippen molar-refractivity contribution in [2.75, 3.05) is 5.32 Å². The SMILES string of the molecule is Cc1cc(Cl)c(NCc2c(C)nc3scc(C)n23)cc1Cl. The minimum absolute atomic E-state index is 0.656. The molecule has 1 N–H and O–H groups in total. The Bertz CT molecular complexity index is 820. The monoisotopic (exact) mass is 339 g/mol. The second kappa shape index (κ2) is 5.52. The van der Waals surface area contributed by atoms with Gasteiger partial charge in [0, 0.05) is 16.1 Å². The van der Waals surface area contributed by atoms with Gasteiger partial charge in [-0.15, -0.1) is 11.3 Å². The molecule has 0 amide bonds. The molecule has 2 aromatic heterocycles. The molecule has 0 bridgehead atoms. The highest BCUT2D eigenvalue weighted by molar-refractivity contribution is 7.15. The van der Waals surface area contributed by atoms with Crippen molar-refractivity contribution in [1.82, 2.24) is 9.38 Å². The van der Waals surface area contributed by atoms with Crippen molar-refractivity contribution in [2.45, 2.75) is 27.3 Å². The number of halogens is 2. The molecule has 0 saturated heterocycles. The lowest BCUT2D eigenvalue weighted by Gasteiger charge is -2.11. The maximum atomic E-state index is 6.27. The standard InChI is InChI=1S/C15H15Cl2N3S/c1-8-4-12(17)13(5-11(8)16)18-6-14-10(3)19-15-20(14)9(2)7-21-15/h4-5,7,18H,6H2,1-3H3. The van der Waals surface area contributed by atoms with E-state index in [9.17, 15) is 0 Å². The maximum Gasteiger partial charge on any atom is 0.194 e. The first-order valence-electron chi connectivity index (χ1n) is 6.59. The van der Waals surface area contributed by atoms with Crippen LogP contribution in [0.2, 0.25) is 10.0 Å². The number of aromatic nitrogens is 2. The van der Waals surface area contributed by atoms with Crippen molar-refractivity contribution < 1.29 is 0 Å². The molecule has 6 heteroatoms. The highest BCUT2D eigenvalue weighted by Crippen LogP contribution is 2.29. The summed E-state index contributed by atoms with van der Waals surface area (Å²) in [6.07, 6.45) is 0. The zero-order valence-electron chi connectivity index (χ0n) is 12.0. The van der Waals surface area contributed by atoms with Crippen molar-refractivity contribution in [3.05, 3.63) is 50.2 Å². The summed E-state index contributed by atoms with van der Waals surface area (Å²) >= 11 is 14.1. The van der Waals surface area contributed by atoms with E-state index in [1.807, 2.05) is 26.0 Å². The molecule has 0 aliphatic carbocycles. The van der Waals surface area contributed by atoms with Gasteiger partial charge in [-0.1, -0.05) is 23.2 Å². The van der Waals surface area contributed by atoms with Gasteiger partial charge in [-0.3, -0.25) is 4.40 Å². The number of hydrogen-bond donors (Lipinski definition) is 1. The van der Waals surface area contributed by atoms with Crippen LogP contribution in [0, 0.1) is 20.8 Å². The fourth-order valence-electron chi connectivity index (χ4n) is 2.34. The first kappa shape index (κ1) is 14.7. The predicted molar refractivity (Wildman–Crippen MR) is 91.1 cm³/mol. The number of nitrogens with zero attached hydrogens (tertiary/aromatic N) is 2. The van der Waals surface area contributed by atoms with Gasteiger partial charge in [0.25, 0.3) is 0 Å². The van der Waals surface area contributed by atoms with E-state index in [-0.39, 0.29) is 0 Å². The third-order valence-electron chi connectivity index (χ3n) is 3.52. The van der Waals surface area contributed by atoms with Crippen molar-refractivity contribution in [1.29, 1.82) is 0 Å². The summed E-state index contributed by atoms with van der Waals surface area (Å²) in [4.78, 5) is 5.61. The molecule has 21 heavy (non-hydrogen) atoms. The number of fused-ring (bicyclic) bond motifs is 1. The van der Waals surface area contributed by atoms with Crippen LogP contribution in [-0.2, 0) is 6.54 Å². The Hall–Kier alpha value is -1.23. The second-order valence-corrected chi connectivity index (χ2v) is 6.72. The molecular weight excluding hydrogens is 325 g/mol. The van der Waals surface area contributed by atoms with E-state index in [4.69, 9.17) is 23.2 Å². The van der Waals surface area contributed by atoms with Crippen LogP contribution in [0.25, 0.3) is 4.96 Å². The summed E-state index contributed by atoms with van der Waals surface area (Å²) in [6, 6.07) is 3.74. The Morgan fingerprint density at radius 3 is 2.71 bits per heavy atom. The van der Waals surface area contributed by atoms with Gasteiger partial charge in [-0.05, 0) is 38.5 Å². The minimum Gasteiger partial charge on any atom is -0.378 e. The molecule has 0 saturated carbocycles. The lowest BCUT2D eigenvalue weighted by molar-refractivity contribution is 0.966. The molecule has 110 valence electrons. The Balaban J connectivity index is 1.92. The van der Waals surface area contributed by atoms with Crippen LogP contribution in [0.4, 0.5) is 5.69 Å². The highest BCUT2D eigenvalue weighted by atomic mass is 35.5. The molecule has 1 aromatic carbocycles. The van der Waals surface area contributed by atoms with E-state index in [2.05, 4.69) is 27.0 Å². The first-order chi connectivity index (χ1) is 9.97. The molecule has 0 aliphatic rings. The number of aryl methyl sites for hydroxylation is 3. The number of thiazole rings is 1. The van der Waals surface area contributed by atoms with Gasteiger partial charge < -0.3 is 5.32 Å². The lowest BCUT2D eigenvalue weighted by Crippen LogP contribution is -2.05. The minimum atomic E-state index is 0.656. The molecule has 2 heterocycles. The van der Waals surface area contributed by atoms with E-state index in [1.165, 1.54) is 5.69 Å². The molecule has 3 rings (SSSR count). The number of hydrogen-bond acceptors (Lipinski definition) is 3. The Labute approximate surface area is 137 Å². The molecule has 0 unspecified atom stereocenters. The molecule has 3 nitrogen and oxygen atoms in total. The van der Waals surface area contributed by atoms with Crippen molar-refractivity contribution >= 4 is 45.2 Å². The molecule has 0 aliphatic heterocycles. The zero-order chi connectivity index (χ0) is 15.1. The van der Waals surface area contributed by atoms with Crippen LogP contribution in [0.3, 0.4) is 0 Å². The van der Waals surface area contributed by atoms with Crippen LogP contribution >= 0.6 is 34.5 Å². The number of anilines is 1. The zero-order valence-corrected chi connectivity index (χ0v) is 14.3. The van der Waals surface area contributed by atoms with Crippen LogP contribution in [0.5, 0.6) is 0 Å². The Kier molecular flexibility index (Phi) is 3.86. The third kappa shape index (κ3) is 2.63. The summed E-state index contributed by atoms with van der Waals surface area (Å²) in [5, 5.41) is 6.86. The molecule has 0 fully saturated rings. The van der Waals surface area contributed by atoms with E-state index in [0.717, 1.165) is 27.6 Å². The van der Waals surface area contributed by atoms with Crippen molar-refractivity contribution in [3.63, 3.8) is 0 Å². The predicted octanol–water partition coefficient (Wildman–Crippen LogP) is 5.24. The van der Waals surface area contributed by atoms with Crippen LogP contribution in [-0.4, -0.2) is 9.38 Å². The number of nitrogens with one attached hydrogen (secondary N) is 1. The largest absolute Gasteiger partial charge is 0.378 e. The van der Waals surface area contributed by atoms with E-state index in [0.29, 0.717) is 16.6 Å². The fourth-order valence-corrected chi connectivity index (χ4v) is 3.72. The van der Waals surface area contributed by atoms with Gasteiger partial charge in [-0.2, -0.15) is 0 Å². The first-order valence-corrected chi connectivity index (χ1v) is 8.22. The van der Waals surface area contributed by atoms with Gasteiger partial charge in [-0.25, -0.2) is 4.98 Å². The van der Waals surface area contributed by atoms with E-state index in [1.54, 1.807) is 11.3 Å². The Morgan fingerprint density at radius 1 is 1.19 bits per heavy atom. The molecule has 3 aromatic rings. The van der Waals surface area contributed by atoms with Gasteiger partial charge in [0.15, 0.2) is 4.96 Å². The third-order valence-corrected chi connectivity index (χ3v) is 5.19. The molecule has 0 spiro atoms. The summed E-state index contributed by atoms with van der Waals surface area (Å²) < 4.78 is 2.18. The highest BCUT2D eigenvalue weighted by Gasteiger charge is 2.13. The van der Waals surface area contributed by atoms with Gasteiger partial charge >= 0.3 is 0 Å². The van der Waals surface area contributed by atoms with Gasteiger partial charge in [0.05, 0.1) is 28.6 Å². The van der Waals surface area contributed by atoms with E-state index >= 15 is 0 Å². The summed E-state index contributed by atoms with van der Waals surface area (Å²) in [5.74, 6) is 0. The number of benzene rings is 1. The maximum absolute atomic E-state index is 6.27. The van der Waals surface area contributed by atoms with Crippen molar-refractivity contribution in [3.8, 4) is 0 Å². The van der Waals surface area contributed by atoms with E-state index < -0.39 is 0 Å². The number of rotatable bonds is 3. The number of imidazole rings is 1. The average molecular weight is 340 g/mol. The molecular formula is C15H15Cl2N3S. The van der Waals surface area contributed by atoms with Crippen LogP contribution < -0.4 is 5.32 Å². The topological polar surface area (TPSA) is 29.3 Å². The van der Waals surface area contributed by atoms with Gasteiger partial charge in [0.1, 0.15) is 0 Å². The summed E-state index contributed by atoms with van der Waals surface area (Å²) in [6.45, 7) is 6.71. The molecule has 0 atom stereocenters. The smallest absolute Gasteiger partial charge is 0.194 e. The van der Waals surface area contributed by atoms with Crippen LogP contribution in [0.1, 0.15) is 22.6 Å². The molecule has 0 radical (unpaired) electrons. The van der Waals surface area contributed by atoms with Crippen molar-refractivity contribution in [2.24, 2.45) is 0 Å². The fraction of sp³-hybridized carbons (Fsp3) is 0.267. The summed E-state index contributed by atoms with van der Waals surface area (Å²) in [7, 11) is 0. The summed E-state index contributed by atoms with van der Waals surface area (Å²) in [5.41, 5.74) is 5.20. The lowest BCUT2D eigenvalue weighted by atomic mass is 10.2. The Morgan fingerprint density at radius 2 is 1.95 bits per heavy atom. The normalized spacial score (nSPS) is 11.3. The quantitative estimate of drug-likeness (QED) is 0.706.